The number of aromatic nitrogens is 4. The van der Waals surface area contributed by atoms with E-state index in [0.29, 0.717) is 63.2 Å². The SMILES string of the molecule is CN1CCCC1COc1nc(NCc2cc(C3CC3)n[nH]2)c2c3c(c(-c4ccc(F)c5sc(N)c(C#N)c45)c(Cl)c2n1)COC3. The Labute approximate surface area is 267 Å². The molecule has 5 aromatic rings. The minimum Gasteiger partial charge on any atom is -0.462 e. The molecule has 1 atom stereocenters. The zero-order valence-electron chi connectivity index (χ0n) is 24.5. The molecule has 5 heterocycles. The van der Waals surface area contributed by atoms with Crippen LogP contribution in [0.25, 0.3) is 32.1 Å². The zero-order chi connectivity index (χ0) is 30.8. The van der Waals surface area contributed by atoms with Crippen LogP contribution in [-0.4, -0.2) is 51.3 Å². The number of rotatable bonds is 8. The van der Waals surface area contributed by atoms with Gasteiger partial charge in [0.15, 0.2) is 0 Å². The van der Waals surface area contributed by atoms with Gasteiger partial charge in [0.2, 0.25) is 0 Å². The Morgan fingerprint density at radius 3 is 2.87 bits per heavy atom. The number of H-pyrrole nitrogens is 1. The Hall–Kier alpha value is -4.02. The molecule has 230 valence electrons. The van der Waals surface area contributed by atoms with Gasteiger partial charge in [0.05, 0.1) is 57.3 Å². The molecule has 1 saturated carbocycles. The van der Waals surface area contributed by atoms with Gasteiger partial charge in [0.25, 0.3) is 0 Å². The van der Waals surface area contributed by atoms with Gasteiger partial charge in [-0.2, -0.15) is 20.3 Å². The number of hydrogen-bond donors (Lipinski definition) is 3. The summed E-state index contributed by atoms with van der Waals surface area (Å²) in [4.78, 5) is 12.0. The number of fused-ring (bicyclic) bond motifs is 4. The predicted octanol–water partition coefficient (Wildman–Crippen LogP) is 6.47. The molecule has 1 unspecified atom stereocenters. The van der Waals surface area contributed by atoms with Crippen LogP contribution in [-0.2, 0) is 24.5 Å². The largest absolute Gasteiger partial charge is 0.462 e. The lowest BCUT2D eigenvalue weighted by molar-refractivity contribution is 0.135. The molecule has 0 spiro atoms. The number of nitrogens with two attached hydrogens (primary N) is 1. The highest BCUT2D eigenvalue weighted by atomic mass is 35.5. The maximum atomic E-state index is 15.0. The molecule has 13 heteroatoms. The van der Waals surface area contributed by atoms with Crippen molar-refractivity contribution >= 4 is 54.7 Å². The number of likely N-dealkylation sites (N-methyl/N-ethyl adjacent to an activating group) is 1. The van der Waals surface area contributed by atoms with Crippen molar-refractivity contribution in [1.82, 2.24) is 25.1 Å². The third-order valence-corrected chi connectivity index (χ3v) is 10.5. The highest BCUT2D eigenvalue weighted by molar-refractivity contribution is 7.23. The van der Waals surface area contributed by atoms with Crippen LogP contribution in [0.4, 0.5) is 15.2 Å². The van der Waals surface area contributed by atoms with Gasteiger partial charge in [-0.1, -0.05) is 17.7 Å². The summed E-state index contributed by atoms with van der Waals surface area (Å²) in [5, 5.41) is 22.9. The average Bonchev–Trinajstić information content (AvgIpc) is 3.35. The first kappa shape index (κ1) is 28.5. The van der Waals surface area contributed by atoms with Crippen molar-refractivity contribution in [2.75, 3.05) is 31.2 Å². The van der Waals surface area contributed by atoms with Crippen LogP contribution in [0, 0.1) is 17.1 Å². The number of ether oxygens (including phenoxy) is 2. The smallest absolute Gasteiger partial charge is 0.319 e. The fourth-order valence-corrected chi connectivity index (χ4v) is 7.89. The van der Waals surface area contributed by atoms with Crippen LogP contribution < -0.4 is 15.8 Å². The molecule has 1 aliphatic carbocycles. The Bertz CT molecular complexity index is 2030. The van der Waals surface area contributed by atoms with E-state index in [9.17, 15) is 9.65 Å². The number of benzene rings is 2. The van der Waals surface area contributed by atoms with Crippen molar-refractivity contribution in [2.24, 2.45) is 0 Å². The second kappa shape index (κ2) is 11.1. The molecule has 3 aromatic heterocycles. The molecule has 0 amide bonds. The van der Waals surface area contributed by atoms with E-state index < -0.39 is 5.82 Å². The molecule has 10 nitrogen and oxygen atoms in total. The zero-order valence-corrected chi connectivity index (χ0v) is 26.1. The maximum Gasteiger partial charge on any atom is 0.319 e. The fourth-order valence-electron chi connectivity index (χ4n) is 6.59. The predicted molar refractivity (Wildman–Crippen MR) is 172 cm³/mol. The van der Waals surface area contributed by atoms with E-state index in [2.05, 4.69) is 39.6 Å². The molecule has 0 bridgehead atoms. The molecule has 8 rings (SSSR count). The Kier molecular flexibility index (Phi) is 7.02. The summed E-state index contributed by atoms with van der Waals surface area (Å²) < 4.78 is 27.5. The molecular formula is C32H30ClFN8O2S. The Morgan fingerprint density at radius 1 is 1.24 bits per heavy atom. The number of nitrogens with one attached hydrogen (secondary N) is 2. The van der Waals surface area contributed by atoms with Crippen LogP contribution in [0.1, 0.15) is 59.7 Å². The molecule has 1 saturated heterocycles. The lowest BCUT2D eigenvalue weighted by atomic mass is 9.91. The molecule has 3 aliphatic rings. The number of thiophene rings is 1. The summed E-state index contributed by atoms with van der Waals surface area (Å²) in [5.41, 5.74) is 11.9. The molecule has 2 aliphatic heterocycles. The van der Waals surface area contributed by atoms with Crippen LogP contribution in [0.2, 0.25) is 5.02 Å². The van der Waals surface area contributed by atoms with Crippen LogP contribution >= 0.6 is 22.9 Å². The van der Waals surface area contributed by atoms with E-state index in [0.717, 1.165) is 58.6 Å². The third-order valence-electron chi connectivity index (χ3n) is 9.14. The molecular weight excluding hydrogens is 615 g/mol. The number of anilines is 2. The van der Waals surface area contributed by atoms with Gasteiger partial charge in [-0.25, -0.2) is 4.39 Å². The summed E-state index contributed by atoms with van der Waals surface area (Å²) in [6.07, 6.45) is 4.51. The Balaban J connectivity index is 1.29. The number of hydrogen-bond acceptors (Lipinski definition) is 10. The monoisotopic (exact) mass is 644 g/mol. The first-order valence-corrected chi connectivity index (χ1v) is 16.3. The lowest BCUT2D eigenvalue weighted by Crippen LogP contribution is -2.30. The van der Waals surface area contributed by atoms with Crippen molar-refractivity contribution < 1.29 is 13.9 Å². The number of nitriles is 1. The van der Waals surface area contributed by atoms with Crippen LogP contribution in [0.15, 0.2) is 18.2 Å². The average molecular weight is 645 g/mol. The quantitative estimate of drug-likeness (QED) is 0.173. The second-order valence-corrected chi connectivity index (χ2v) is 13.4. The minimum atomic E-state index is -0.443. The van der Waals surface area contributed by atoms with E-state index >= 15 is 0 Å². The van der Waals surface area contributed by atoms with Gasteiger partial charge < -0.3 is 25.4 Å². The van der Waals surface area contributed by atoms with E-state index in [1.807, 2.05) is 0 Å². The number of nitrogens with zero attached hydrogens (tertiary/aromatic N) is 5. The Morgan fingerprint density at radius 2 is 2.09 bits per heavy atom. The van der Waals surface area contributed by atoms with Crippen LogP contribution in [0.5, 0.6) is 6.01 Å². The summed E-state index contributed by atoms with van der Waals surface area (Å²) in [6, 6.07) is 7.78. The van der Waals surface area contributed by atoms with Crippen molar-refractivity contribution in [3.05, 3.63) is 57.1 Å². The van der Waals surface area contributed by atoms with E-state index in [1.54, 1.807) is 6.07 Å². The highest BCUT2D eigenvalue weighted by Crippen LogP contribution is 2.49. The molecule has 2 aromatic carbocycles. The maximum absolute atomic E-state index is 15.0. The van der Waals surface area contributed by atoms with Gasteiger partial charge in [-0.3, -0.25) is 5.10 Å². The van der Waals surface area contributed by atoms with E-state index in [1.165, 1.54) is 18.9 Å². The highest BCUT2D eigenvalue weighted by Gasteiger charge is 2.31. The molecule has 4 N–H and O–H groups in total. The van der Waals surface area contributed by atoms with Crippen molar-refractivity contribution in [2.45, 2.75) is 57.4 Å². The number of likely N-dealkylation sites (tertiary alicyclic amines) is 1. The first-order valence-electron chi connectivity index (χ1n) is 15.1. The van der Waals surface area contributed by atoms with Gasteiger partial charge in [0.1, 0.15) is 29.3 Å². The first-order chi connectivity index (χ1) is 21.9. The van der Waals surface area contributed by atoms with Crippen molar-refractivity contribution in [3.63, 3.8) is 0 Å². The molecule has 0 radical (unpaired) electrons. The second-order valence-electron chi connectivity index (χ2n) is 12.0. The minimum absolute atomic E-state index is 0.210. The lowest BCUT2D eigenvalue weighted by Gasteiger charge is -2.21. The topological polar surface area (TPSA) is 138 Å². The standard InChI is InChI=1S/C32H30ClFN8O2S/c1-42-8-2-3-17(42)12-44-32-38-28-26(31(39-32)37-11-16-9-23(41-40-16)15-4-5-15)21-14-43-13-20(21)24(27(28)33)18-6-7-22(34)29-25(18)19(10-35)30(36)45-29/h6-7,9,15,17H,2-5,8,11-14,36H2,1H3,(H,40,41)(H,37,38,39). The number of nitrogen functional groups attached to an aromatic ring is 1. The number of aromatic amines is 1. The van der Waals surface area contributed by atoms with Crippen molar-refractivity contribution in [1.29, 1.82) is 5.26 Å². The summed E-state index contributed by atoms with van der Waals surface area (Å²) >= 11 is 8.36. The van der Waals surface area contributed by atoms with Gasteiger partial charge in [-0.05, 0) is 68.1 Å². The van der Waals surface area contributed by atoms with Gasteiger partial charge in [-0.15, -0.1) is 11.3 Å². The van der Waals surface area contributed by atoms with Gasteiger partial charge in [0, 0.05) is 22.9 Å². The molecule has 45 heavy (non-hydrogen) atoms. The summed E-state index contributed by atoms with van der Waals surface area (Å²) in [5.74, 6) is 0.676. The third kappa shape index (κ3) is 4.86. The van der Waals surface area contributed by atoms with E-state index in [-0.39, 0.29) is 29.2 Å². The number of halogens is 2. The van der Waals surface area contributed by atoms with E-state index in [4.69, 9.17) is 36.8 Å². The fraction of sp³-hybridized carbons (Fsp3) is 0.375. The van der Waals surface area contributed by atoms with Gasteiger partial charge >= 0.3 is 6.01 Å². The normalized spacial score (nSPS) is 18.1. The van der Waals surface area contributed by atoms with Crippen LogP contribution in [0.3, 0.4) is 0 Å². The molecule has 2 fully saturated rings. The summed E-state index contributed by atoms with van der Waals surface area (Å²) in [6.45, 7) is 2.54. The van der Waals surface area contributed by atoms with Crippen molar-refractivity contribution in [3.8, 4) is 23.2 Å². The summed E-state index contributed by atoms with van der Waals surface area (Å²) in [7, 11) is 2.10.